The van der Waals surface area contributed by atoms with Crippen LogP contribution in [0, 0.1) is 0 Å². The summed E-state index contributed by atoms with van der Waals surface area (Å²) in [4.78, 5) is 4.26. The molecule has 3 aromatic rings. The van der Waals surface area contributed by atoms with E-state index >= 15 is 0 Å². The van der Waals surface area contributed by atoms with E-state index in [1.54, 1.807) is 12.3 Å². The number of para-hydroxylation sites is 1. The molecule has 23 heavy (non-hydrogen) atoms. The van der Waals surface area contributed by atoms with E-state index in [2.05, 4.69) is 9.71 Å². The van der Waals surface area contributed by atoms with Crippen LogP contribution in [-0.2, 0) is 16.6 Å². The Labute approximate surface area is 144 Å². The summed E-state index contributed by atoms with van der Waals surface area (Å²) in [6.45, 7) is 0.143. The maximum atomic E-state index is 12.4. The molecule has 0 bridgehead atoms. The minimum Gasteiger partial charge on any atom is -0.256 e. The number of rotatable bonds is 4. The van der Waals surface area contributed by atoms with Crippen LogP contribution >= 0.6 is 23.2 Å². The molecule has 0 fully saturated rings. The minimum absolute atomic E-state index is 0.00179. The Bertz CT molecular complexity index is 969. The van der Waals surface area contributed by atoms with Crippen molar-refractivity contribution in [1.82, 2.24) is 9.71 Å². The number of nitrogens with zero attached hydrogens (tertiary/aromatic N) is 1. The molecule has 0 amide bonds. The van der Waals surface area contributed by atoms with Gasteiger partial charge in [0.15, 0.2) is 0 Å². The number of hydrogen-bond donors (Lipinski definition) is 1. The van der Waals surface area contributed by atoms with Crippen LogP contribution in [0.1, 0.15) is 5.56 Å². The average molecular weight is 367 g/mol. The van der Waals surface area contributed by atoms with E-state index in [-0.39, 0.29) is 16.5 Å². The van der Waals surface area contributed by atoms with Crippen molar-refractivity contribution in [3.05, 3.63) is 70.3 Å². The first-order chi connectivity index (χ1) is 11.0. The molecule has 1 aromatic heterocycles. The van der Waals surface area contributed by atoms with Gasteiger partial charge < -0.3 is 0 Å². The molecule has 0 aliphatic heterocycles. The Morgan fingerprint density at radius 2 is 1.83 bits per heavy atom. The van der Waals surface area contributed by atoms with Gasteiger partial charge in [0, 0.05) is 23.2 Å². The van der Waals surface area contributed by atoms with E-state index in [1.165, 1.54) is 18.2 Å². The van der Waals surface area contributed by atoms with Crippen molar-refractivity contribution >= 4 is 44.1 Å². The number of pyridine rings is 1. The number of nitrogens with one attached hydrogen (secondary N) is 1. The Hall–Kier alpha value is -1.66. The predicted octanol–water partition coefficient (Wildman–Crippen LogP) is 4.02. The zero-order valence-corrected chi connectivity index (χ0v) is 14.2. The molecule has 2 aromatic carbocycles. The quantitative estimate of drug-likeness (QED) is 0.758. The molecule has 3 rings (SSSR count). The SMILES string of the molecule is O=S(=O)(NCc1ccnc2ccccc12)c1ccc(Cl)cc1Cl. The molecular formula is C16H12Cl2N2O2S. The second kappa shape index (κ2) is 6.45. The third kappa shape index (κ3) is 3.48. The summed E-state index contributed by atoms with van der Waals surface area (Å²) in [6, 6.07) is 13.6. The largest absolute Gasteiger partial charge is 0.256 e. The van der Waals surface area contributed by atoms with Crippen molar-refractivity contribution in [2.75, 3.05) is 0 Å². The van der Waals surface area contributed by atoms with Crippen LogP contribution in [0.15, 0.2) is 59.6 Å². The van der Waals surface area contributed by atoms with Gasteiger partial charge in [0.2, 0.25) is 10.0 Å². The Kier molecular flexibility index (Phi) is 4.55. The first kappa shape index (κ1) is 16.2. The van der Waals surface area contributed by atoms with E-state index in [1.807, 2.05) is 24.3 Å². The highest BCUT2D eigenvalue weighted by molar-refractivity contribution is 7.89. The molecule has 0 spiro atoms. The van der Waals surface area contributed by atoms with Crippen LogP contribution in [0.25, 0.3) is 10.9 Å². The van der Waals surface area contributed by atoms with Gasteiger partial charge in [-0.2, -0.15) is 0 Å². The summed E-state index contributed by atoms with van der Waals surface area (Å²) in [5.41, 5.74) is 1.65. The fourth-order valence-electron chi connectivity index (χ4n) is 2.25. The molecule has 118 valence electrons. The maximum absolute atomic E-state index is 12.4. The van der Waals surface area contributed by atoms with Crippen LogP contribution in [0.3, 0.4) is 0 Å². The summed E-state index contributed by atoms with van der Waals surface area (Å²) in [5, 5.41) is 1.37. The monoisotopic (exact) mass is 366 g/mol. The Morgan fingerprint density at radius 1 is 1.04 bits per heavy atom. The van der Waals surface area contributed by atoms with Crippen LogP contribution in [0.5, 0.6) is 0 Å². The molecule has 1 N–H and O–H groups in total. The second-order valence-electron chi connectivity index (χ2n) is 4.89. The number of sulfonamides is 1. The predicted molar refractivity (Wildman–Crippen MR) is 92.2 cm³/mol. The molecule has 0 radical (unpaired) electrons. The fourth-order valence-corrected chi connectivity index (χ4v) is 4.03. The van der Waals surface area contributed by atoms with Gasteiger partial charge in [0.25, 0.3) is 0 Å². The zero-order chi connectivity index (χ0) is 16.4. The summed E-state index contributed by atoms with van der Waals surface area (Å²) in [5.74, 6) is 0. The van der Waals surface area contributed by atoms with E-state index in [4.69, 9.17) is 23.2 Å². The first-order valence-electron chi connectivity index (χ1n) is 6.75. The van der Waals surface area contributed by atoms with Crippen molar-refractivity contribution in [2.45, 2.75) is 11.4 Å². The van der Waals surface area contributed by atoms with Gasteiger partial charge in [0.1, 0.15) is 4.90 Å². The lowest BCUT2D eigenvalue weighted by Gasteiger charge is -2.10. The molecule has 0 atom stereocenters. The van der Waals surface area contributed by atoms with Gasteiger partial charge in [0.05, 0.1) is 10.5 Å². The third-order valence-electron chi connectivity index (χ3n) is 3.38. The number of fused-ring (bicyclic) bond motifs is 1. The van der Waals surface area contributed by atoms with E-state index < -0.39 is 10.0 Å². The van der Waals surface area contributed by atoms with Gasteiger partial charge >= 0.3 is 0 Å². The number of halogens is 2. The molecular weight excluding hydrogens is 355 g/mol. The number of hydrogen-bond acceptors (Lipinski definition) is 3. The van der Waals surface area contributed by atoms with Crippen molar-refractivity contribution in [2.24, 2.45) is 0 Å². The number of aromatic nitrogens is 1. The van der Waals surface area contributed by atoms with Gasteiger partial charge in [-0.1, -0.05) is 41.4 Å². The van der Waals surface area contributed by atoms with Crippen molar-refractivity contribution in [3.8, 4) is 0 Å². The molecule has 0 aliphatic rings. The van der Waals surface area contributed by atoms with Gasteiger partial charge in [-0.3, -0.25) is 4.98 Å². The van der Waals surface area contributed by atoms with Crippen LogP contribution in [-0.4, -0.2) is 13.4 Å². The average Bonchev–Trinajstić information content (AvgIpc) is 2.52. The molecule has 0 unspecified atom stereocenters. The smallest absolute Gasteiger partial charge is 0.242 e. The number of benzene rings is 2. The normalized spacial score (nSPS) is 11.7. The highest BCUT2D eigenvalue weighted by Gasteiger charge is 2.18. The fraction of sp³-hybridized carbons (Fsp3) is 0.0625. The van der Waals surface area contributed by atoms with E-state index in [9.17, 15) is 8.42 Å². The summed E-state index contributed by atoms with van der Waals surface area (Å²) >= 11 is 11.8. The van der Waals surface area contributed by atoms with E-state index in [0.717, 1.165) is 16.5 Å². The first-order valence-corrected chi connectivity index (χ1v) is 8.98. The molecule has 0 saturated carbocycles. The Morgan fingerprint density at radius 3 is 2.61 bits per heavy atom. The standard InChI is InChI=1S/C16H12Cl2N2O2S/c17-12-5-6-16(14(18)9-12)23(21,22)20-10-11-7-8-19-15-4-2-1-3-13(11)15/h1-9,20H,10H2. The summed E-state index contributed by atoms with van der Waals surface area (Å²) in [6.07, 6.45) is 1.65. The van der Waals surface area contributed by atoms with Gasteiger partial charge in [-0.15, -0.1) is 0 Å². The zero-order valence-electron chi connectivity index (χ0n) is 11.8. The van der Waals surface area contributed by atoms with Crippen molar-refractivity contribution < 1.29 is 8.42 Å². The summed E-state index contributed by atoms with van der Waals surface area (Å²) in [7, 11) is -3.74. The van der Waals surface area contributed by atoms with Gasteiger partial charge in [-0.25, -0.2) is 13.1 Å². The second-order valence-corrected chi connectivity index (χ2v) is 7.47. The molecule has 0 aliphatic carbocycles. The van der Waals surface area contributed by atoms with Crippen LogP contribution in [0.4, 0.5) is 0 Å². The van der Waals surface area contributed by atoms with E-state index in [0.29, 0.717) is 5.02 Å². The highest BCUT2D eigenvalue weighted by Crippen LogP contribution is 2.25. The lowest BCUT2D eigenvalue weighted by molar-refractivity contribution is 0.581. The third-order valence-corrected chi connectivity index (χ3v) is 5.49. The molecule has 1 heterocycles. The lowest BCUT2D eigenvalue weighted by Crippen LogP contribution is -2.23. The summed E-state index contributed by atoms with van der Waals surface area (Å²) < 4.78 is 27.4. The highest BCUT2D eigenvalue weighted by atomic mass is 35.5. The molecule has 0 saturated heterocycles. The van der Waals surface area contributed by atoms with Crippen LogP contribution < -0.4 is 4.72 Å². The van der Waals surface area contributed by atoms with Gasteiger partial charge in [-0.05, 0) is 35.9 Å². The lowest BCUT2D eigenvalue weighted by atomic mass is 10.1. The van der Waals surface area contributed by atoms with Crippen LogP contribution in [0.2, 0.25) is 10.0 Å². The van der Waals surface area contributed by atoms with Crippen molar-refractivity contribution in [1.29, 1.82) is 0 Å². The topological polar surface area (TPSA) is 59.1 Å². The molecule has 4 nitrogen and oxygen atoms in total. The Balaban J connectivity index is 1.89. The minimum atomic E-state index is -3.74. The molecule has 7 heteroatoms. The maximum Gasteiger partial charge on any atom is 0.242 e. The van der Waals surface area contributed by atoms with Crippen molar-refractivity contribution in [3.63, 3.8) is 0 Å².